The second-order valence-corrected chi connectivity index (χ2v) is 3.11. The lowest BCUT2D eigenvalue weighted by atomic mass is 9.80. The first-order valence-corrected chi connectivity index (χ1v) is 3.57. The van der Waals surface area contributed by atoms with Crippen LogP contribution in [0.15, 0.2) is 24.3 Å². The molecule has 0 aliphatic heterocycles. The molecule has 0 radical (unpaired) electrons. The third-order valence-corrected chi connectivity index (χ3v) is 2.70. The molecule has 0 fully saturated rings. The Labute approximate surface area is 57.4 Å². The van der Waals surface area contributed by atoms with Gasteiger partial charge >= 0.3 is 0 Å². The molecule has 0 aromatic heterocycles. The fraction of sp³-hybridized carbons (Fsp3) is 0. The van der Waals surface area contributed by atoms with Gasteiger partial charge in [0.15, 0.2) is 0 Å². The van der Waals surface area contributed by atoms with Gasteiger partial charge in [-0.15, -0.1) is 0 Å². The third kappa shape index (κ3) is 0.171. The normalized spacial score (nSPS) is 14.0. The lowest BCUT2D eigenvalue weighted by molar-refractivity contribution is 1.82. The van der Waals surface area contributed by atoms with Gasteiger partial charge in [-0.1, -0.05) is 12.1 Å². The van der Waals surface area contributed by atoms with Crippen molar-refractivity contribution < 1.29 is 0 Å². The highest BCUT2D eigenvalue weighted by Gasteiger charge is 2.21. The van der Waals surface area contributed by atoms with Crippen LogP contribution in [0.4, 0.5) is 0 Å². The Morgan fingerprint density at radius 3 is 1.70 bits per heavy atom. The van der Waals surface area contributed by atoms with Gasteiger partial charge in [0.1, 0.15) is 0 Å². The van der Waals surface area contributed by atoms with Gasteiger partial charge in [-0.3, -0.25) is 0 Å². The zero-order valence-electron chi connectivity index (χ0n) is 5.31. The van der Waals surface area contributed by atoms with Crippen LogP contribution in [0.2, 0.25) is 0 Å². The minimum Gasteiger partial charge on any atom is -0.0537 e. The van der Waals surface area contributed by atoms with Crippen molar-refractivity contribution in [3.63, 3.8) is 0 Å². The van der Waals surface area contributed by atoms with Crippen LogP contribution in [-0.2, 0) is 0 Å². The summed E-state index contributed by atoms with van der Waals surface area (Å²) in [6.45, 7) is 0. The van der Waals surface area contributed by atoms with E-state index in [0.29, 0.717) is 0 Å². The quantitative estimate of drug-likeness (QED) is 0.338. The maximum atomic E-state index is 2.27. The van der Waals surface area contributed by atoms with E-state index in [1.165, 1.54) is 21.5 Å². The summed E-state index contributed by atoms with van der Waals surface area (Å²) in [5.41, 5.74) is 0. The van der Waals surface area contributed by atoms with Gasteiger partial charge in [-0.2, -0.15) is 0 Å². The van der Waals surface area contributed by atoms with E-state index in [2.05, 4.69) is 24.3 Å². The monoisotopic (exact) mass is 124 g/mol. The molecule has 4 rings (SSSR count). The van der Waals surface area contributed by atoms with Crippen LogP contribution >= 0.6 is 0 Å². The second-order valence-electron chi connectivity index (χ2n) is 3.11. The highest BCUT2D eigenvalue weighted by atomic mass is 14.2. The molecule has 0 unspecified atom stereocenters. The van der Waals surface area contributed by atoms with Crippen molar-refractivity contribution >= 4 is 32.3 Å². The smallest absolute Gasteiger partial charge is 0.00199 e. The molecule has 4 aromatic carbocycles. The zero-order chi connectivity index (χ0) is 6.29. The Balaban J connectivity index is 2.66. The summed E-state index contributed by atoms with van der Waals surface area (Å²) in [7, 11) is 0. The number of fused-ring (bicyclic) bond motifs is 1. The summed E-state index contributed by atoms with van der Waals surface area (Å²) in [6, 6.07) is 8.97. The van der Waals surface area contributed by atoms with Crippen molar-refractivity contribution in [1.29, 1.82) is 0 Å². The Hall–Kier alpha value is -1.30. The number of hydrogen-bond acceptors (Lipinski definition) is 0. The summed E-state index contributed by atoms with van der Waals surface area (Å²) in [5, 5.41) is 9.03. The van der Waals surface area contributed by atoms with Crippen molar-refractivity contribution in [3.05, 3.63) is 24.3 Å². The predicted octanol–water partition coefficient (Wildman–Crippen LogP) is 2.90. The maximum Gasteiger partial charge on any atom is -0.00199 e. The van der Waals surface area contributed by atoms with E-state index in [-0.39, 0.29) is 0 Å². The average molecular weight is 124 g/mol. The Bertz CT molecular complexity index is 487. The maximum absolute atomic E-state index is 2.27. The van der Waals surface area contributed by atoms with Crippen LogP contribution in [-0.4, -0.2) is 0 Å². The van der Waals surface area contributed by atoms with E-state index >= 15 is 0 Å². The largest absolute Gasteiger partial charge is 0.0537 e. The molecule has 4 aromatic rings. The highest BCUT2D eigenvalue weighted by molar-refractivity contribution is 6.44. The van der Waals surface area contributed by atoms with Crippen LogP contribution in [0.25, 0.3) is 32.3 Å². The van der Waals surface area contributed by atoms with Crippen LogP contribution < -0.4 is 0 Å². The molecule has 0 saturated heterocycles. The molecule has 0 aliphatic rings. The predicted molar refractivity (Wildman–Crippen MR) is 43.7 cm³/mol. The van der Waals surface area contributed by atoms with Crippen molar-refractivity contribution in [2.24, 2.45) is 0 Å². The van der Waals surface area contributed by atoms with Gasteiger partial charge in [0.05, 0.1) is 0 Å². The molecular weight excluding hydrogens is 120 g/mol. The molecule has 0 heteroatoms. The Morgan fingerprint density at radius 2 is 1.20 bits per heavy atom. The molecule has 0 atom stereocenters. The standard InChI is InChI=1S/C10H4/c1-2-6-4-8-7-3-5(1)9(7)10(6)8/h1-4H. The van der Waals surface area contributed by atoms with E-state index in [4.69, 9.17) is 0 Å². The summed E-state index contributed by atoms with van der Waals surface area (Å²) < 4.78 is 0. The lowest BCUT2D eigenvalue weighted by Gasteiger charge is -2.23. The van der Waals surface area contributed by atoms with Gasteiger partial charge in [-0.25, -0.2) is 0 Å². The average Bonchev–Trinajstić information content (AvgIpc) is 1.76. The summed E-state index contributed by atoms with van der Waals surface area (Å²) in [4.78, 5) is 0. The van der Waals surface area contributed by atoms with Crippen molar-refractivity contribution in [1.82, 2.24) is 0 Å². The van der Waals surface area contributed by atoms with Gasteiger partial charge in [0.25, 0.3) is 0 Å². The van der Waals surface area contributed by atoms with Crippen LogP contribution in [0.3, 0.4) is 0 Å². The third-order valence-electron chi connectivity index (χ3n) is 2.70. The molecule has 10 heavy (non-hydrogen) atoms. The molecule has 0 saturated carbocycles. The van der Waals surface area contributed by atoms with Crippen molar-refractivity contribution in [2.45, 2.75) is 0 Å². The lowest BCUT2D eigenvalue weighted by Crippen LogP contribution is -1.95. The topological polar surface area (TPSA) is 0 Å². The first-order chi connectivity index (χ1) is 4.95. The van der Waals surface area contributed by atoms with Gasteiger partial charge < -0.3 is 0 Å². The van der Waals surface area contributed by atoms with E-state index < -0.39 is 0 Å². The fourth-order valence-electron chi connectivity index (χ4n) is 2.12. The van der Waals surface area contributed by atoms with E-state index in [1.54, 1.807) is 10.8 Å². The van der Waals surface area contributed by atoms with Crippen LogP contribution in [0, 0.1) is 0 Å². The van der Waals surface area contributed by atoms with Gasteiger partial charge in [0, 0.05) is 0 Å². The van der Waals surface area contributed by atoms with E-state index in [9.17, 15) is 0 Å². The minimum absolute atomic E-state index is 1.45. The Morgan fingerprint density at radius 1 is 0.700 bits per heavy atom. The number of rotatable bonds is 0. The van der Waals surface area contributed by atoms with Crippen LogP contribution in [0.1, 0.15) is 0 Å². The molecule has 0 aliphatic carbocycles. The fourth-order valence-corrected chi connectivity index (χ4v) is 2.12. The van der Waals surface area contributed by atoms with Crippen molar-refractivity contribution in [2.75, 3.05) is 0 Å². The van der Waals surface area contributed by atoms with Crippen molar-refractivity contribution in [3.8, 4) is 0 Å². The minimum atomic E-state index is 1.45. The van der Waals surface area contributed by atoms with Crippen LogP contribution in [0.5, 0.6) is 0 Å². The van der Waals surface area contributed by atoms with E-state index in [0.717, 1.165) is 0 Å². The second kappa shape index (κ2) is 0.807. The zero-order valence-corrected chi connectivity index (χ0v) is 5.31. The molecule has 0 amide bonds. The molecule has 0 bridgehead atoms. The molecule has 0 spiro atoms. The molecule has 44 valence electrons. The SMILES string of the molecule is c1cc2cc3c4cc1c4c23. The highest BCUT2D eigenvalue weighted by Crippen LogP contribution is 2.49. The van der Waals surface area contributed by atoms with Gasteiger partial charge in [0.2, 0.25) is 0 Å². The first kappa shape index (κ1) is 3.77. The molecule has 0 nitrogen and oxygen atoms in total. The molecule has 0 N–H and O–H groups in total. The van der Waals surface area contributed by atoms with Gasteiger partial charge in [-0.05, 0) is 44.5 Å². The summed E-state index contributed by atoms with van der Waals surface area (Å²) >= 11 is 0. The number of hydrogen-bond donors (Lipinski definition) is 0. The molecular formula is C10H4. The van der Waals surface area contributed by atoms with E-state index in [1.807, 2.05) is 0 Å². The molecule has 0 heterocycles. The Kier molecular flexibility index (Phi) is 0.304. The summed E-state index contributed by atoms with van der Waals surface area (Å²) in [6.07, 6.45) is 0. The number of benzene rings is 3. The first-order valence-electron chi connectivity index (χ1n) is 3.57. The summed E-state index contributed by atoms with van der Waals surface area (Å²) in [5.74, 6) is 0.